The summed E-state index contributed by atoms with van der Waals surface area (Å²) in [6.45, 7) is 6.95. The van der Waals surface area contributed by atoms with E-state index in [1.165, 1.54) is 0 Å². The van der Waals surface area contributed by atoms with Crippen LogP contribution in [0.15, 0.2) is 0 Å². The van der Waals surface area contributed by atoms with Gasteiger partial charge in [-0.1, -0.05) is 27.7 Å². The molecule has 0 aromatic heterocycles. The Morgan fingerprint density at radius 1 is 1.16 bits per heavy atom. The van der Waals surface area contributed by atoms with E-state index < -0.39 is 23.9 Å². The number of ether oxygens (including phenoxy) is 2. The van der Waals surface area contributed by atoms with Gasteiger partial charge in [-0.05, 0) is 12.8 Å². The van der Waals surface area contributed by atoms with Crippen molar-refractivity contribution in [2.75, 3.05) is 0 Å². The molecule has 1 unspecified atom stereocenters. The zero-order valence-corrected chi connectivity index (χ0v) is 11.8. The maximum Gasteiger partial charge on any atom is 0.411 e. The standard InChI is InChI=1S/C13H21NO5/c1-8(2)10(16)18-11(9(3)4)19-12(17)14-13(7-15)5-6-13/h7-9,11H,5-6H2,1-4H3,(H,14,17). The Balaban J connectivity index is 2.51. The maximum absolute atomic E-state index is 11.6. The predicted molar refractivity (Wildman–Crippen MR) is 67.2 cm³/mol. The molecular formula is C13H21NO5. The summed E-state index contributed by atoms with van der Waals surface area (Å²) in [4.78, 5) is 33.9. The minimum absolute atomic E-state index is 0.167. The molecule has 6 nitrogen and oxygen atoms in total. The van der Waals surface area contributed by atoms with Crippen molar-refractivity contribution in [3.8, 4) is 0 Å². The average molecular weight is 271 g/mol. The molecule has 0 saturated heterocycles. The van der Waals surface area contributed by atoms with Gasteiger partial charge in [0.25, 0.3) is 6.29 Å². The van der Waals surface area contributed by atoms with Crippen molar-refractivity contribution >= 4 is 18.3 Å². The van der Waals surface area contributed by atoms with Crippen LogP contribution in [-0.4, -0.2) is 30.2 Å². The number of hydrogen-bond donors (Lipinski definition) is 1. The fourth-order valence-corrected chi connectivity index (χ4v) is 1.29. The first-order valence-electron chi connectivity index (χ1n) is 6.45. The molecule has 1 rings (SSSR count). The van der Waals surface area contributed by atoms with Crippen molar-refractivity contribution in [2.24, 2.45) is 11.8 Å². The SMILES string of the molecule is CC(C)C(=O)OC(OC(=O)NC1(C=O)CC1)C(C)C. The Morgan fingerprint density at radius 2 is 1.74 bits per heavy atom. The fraction of sp³-hybridized carbons (Fsp3) is 0.769. The first-order valence-corrected chi connectivity index (χ1v) is 6.45. The molecule has 0 aliphatic heterocycles. The Kier molecular flexibility index (Phi) is 4.91. The van der Waals surface area contributed by atoms with Crippen molar-refractivity contribution in [3.05, 3.63) is 0 Å². The molecule has 0 spiro atoms. The number of nitrogens with one attached hydrogen (secondary N) is 1. The summed E-state index contributed by atoms with van der Waals surface area (Å²) in [6, 6.07) is 0. The van der Waals surface area contributed by atoms with E-state index in [1.54, 1.807) is 27.7 Å². The van der Waals surface area contributed by atoms with Gasteiger partial charge >= 0.3 is 12.1 Å². The molecular weight excluding hydrogens is 250 g/mol. The third-order valence-electron chi connectivity index (χ3n) is 2.84. The Labute approximate surface area is 112 Å². The van der Waals surface area contributed by atoms with Crippen LogP contribution >= 0.6 is 0 Å². The zero-order chi connectivity index (χ0) is 14.6. The van der Waals surface area contributed by atoms with Gasteiger partial charge in [-0.15, -0.1) is 0 Å². The minimum atomic E-state index is -0.947. The summed E-state index contributed by atoms with van der Waals surface area (Å²) >= 11 is 0. The predicted octanol–water partition coefficient (Wildman–Crippen LogP) is 1.63. The van der Waals surface area contributed by atoms with Gasteiger partial charge in [0, 0.05) is 5.92 Å². The van der Waals surface area contributed by atoms with Crippen LogP contribution in [0.2, 0.25) is 0 Å². The second-order valence-corrected chi connectivity index (χ2v) is 5.51. The lowest BCUT2D eigenvalue weighted by atomic mass is 10.2. The number of rotatable bonds is 6. The highest BCUT2D eigenvalue weighted by molar-refractivity contribution is 5.79. The minimum Gasteiger partial charge on any atom is -0.425 e. The van der Waals surface area contributed by atoms with Crippen molar-refractivity contribution in [1.82, 2.24) is 5.32 Å². The first kappa shape index (κ1) is 15.5. The molecule has 0 heterocycles. The third-order valence-corrected chi connectivity index (χ3v) is 2.84. The van der Waals surface area contributed by atoms with Crippen molar-refractivity contribution in [2.45, 2.75) is 52.4 Å². The number of aldehydes is 1. The number of esters is 1. The highest BCUT2D eigenvalue weighted by Gasteiger charge is 2.45. The maximum atomic E-state index is 11.6. The van der Waals surface area contributed by atoms with Gasteiger partial charge in [-0.25, -0.2) is 4.79 Å². The molecule has 1 aliphatic carbocycles. The molecule has 1 saturated carbocycles. The molecule has 0 aromatic rings. The highest BCUT2D eigenvalue weighted by Crippen LogP contribution is 2.33. The molecule has 1 fully saturated rings. The van der Waals surface area contributed by atoms with Gasteiger partial charge in [0.05, 0.1) is 11.5 Å². The number of carbonyl (C=O) groups is 3. The summed E-state index contributed by atoms with van der Waals surface area (Å²) < 4.78 is 10.2. The number of amides is 1. The number of alkyl carbamates (subject to hydrolysis) is 1. The van der Waals surface area contributed by atoms with E-state index in [0.29, 0.717) is 19.1 Å². The van der Waals surface area contributed by atoms with E-state index >= 15 is 0 Å². The van der Waals surface area contributed by atoms with E-state index in [9.17, 15) is 14.4 Å². The van der Waals surface area contributed by atoms with Crippen LogP contribution in [0.25, 0.3) is 0 Å². The third kappa shape index (κ3) is 4.54. The van der Waals surface area contributed by atoms with Crippen LogP contribution in [0.1, 0.15) is 40.5 Å². The van der Waals surface area contributed by atoms with Gasteiger partial charge in [0.2, 0.25) is 0 Å². The molecule has 6 heteroatoms. The molecule has 19 heavy (non-hydrogen) atoms. The highest BCUT2D eigenvalue weighted by atomic mass is 16.7. The number of carbonyl (C=O) groups excluding carboxylic acids is 3. The van der Waals surface area contributed by atoms with E-state index in [1.807, 2.05) is 0 Å². The lowest BCUT2D eigenvalue weighted by Gasteiger charge is -2.23. The molecule has 1 atom stereocenters. The molecule has 1 amide bonds. The van der Waals surface area contributed by atoms with Gasteiger partial charge in [0.1, 0.15) is 6.29 Å². The average Bonchev–Trinajstić information content (AvgIpc) is 3.08. The van der Waals surface area contributed by atoms with Crippen molar-refractivity contribution < 1.29 is 23.9 Å². The lowest BCUT2D eigenvalue weighted by molar-refractivity contribution is -0.178. The summed E-state index contributed by atoms with van der Waals surface area (Å²) in [5.41, 5.74) is -0.777. The number of hydrogen-bond acceptors (Lipinski definition) is 5. The van der Waals surface area contributed by atoms with Gasteiger partial charge < -0.3 is 19.6 Å². The summed E-state index contributed by atoms with van der Waals surface area (Å²) in [7, 11) is 0. The van der Waals surface area contributed by atoms with Crippen LogP contribution in [0.3, 0.4) is 0 Å². The van der Waals surface area contributed by atoms with Crippen LogP contribution in [-0.2, 0) is 19.1 Å². The van der Waals surface area contributed by atoms with Crippen LogP contribution < -0.4 is 5.32 Å². The fourth-order valence-electron chi connectivity index (χ4n) is 1.29. The molecule has 0 bridgehead atoms. The smallest absolute Gasteiger partial charge is 0.411 e. The van der Waals surface area contributed by atoms with Gasteiger partial charge in [-0.3, -0.25) is 4.79 Å². The Hall–Kier alpha value is -1.59. The second kappa shape index (κ2) is 6.04. The van der Waals surface area contributed by atoms with E-state index in [0.717, 1.165) is 0 Å². The van der Waals surface area contributed by atoms with Crippen molar-refractivity contribution in [1.29, 1.82) is 0 Å². The van der Waals surface area contributed by atoms with Gasteiger partial charge in [0.15, 0.2) is 0 Å². The lowest BCUT2D eigenvalue weighted by Crippen LogP contribution is -2.42. The van der Waals surface area contributed by atoms with Gasteiger partial charge in [-0.2, -0.15) is 0 Å². The van der Waals surface area contributed by atoms with Crippen LogP contribution in [0.4, 0.5) is 4.79 Å². The largest absolute Gasteiger partial charge is 0.425 e. The van der Waals surface area contributed by atoms with Crippen LogP contribution in [0, 0.1) is 11.8 Å². The van der Waals surface area contributed by atoms with E-state index in [4.69, 9.17) is 9.47 Å². The molecule has 0 radical (unpaired) electrons. The Morgan fingerprint density at radius 3 is 2.11 bits per heavy atom. The summed E-state index contributed by atoms with van der Waals surface area (Å²) in [5, 5.41) is 2.48. The van der Waals surface area contributed by atoms with E-state index in [2.05, 4.69) is 5.32 Å². The molecule has 1 aliphatic rings. The Bertz CT molecular complexity index is 360. The van der Waals surface area contributed by atoms with Crippen LogP contribution in [0.5, 0.6) is 0 Å². The summed E-state index contributed by atoms with van der Waals surface area (Å²) in [5.74, 6) is -0.888. The topological polar surface area (TPSA) is 81.7 Å². The second-order valence-electron chi connectivity index (χ2n) is 5.51. The zero-order valence-electron chi connectivity index (χ0n) is 11.8. The monoisotopic (exact) mass is 271 g/mol. The summed E-state index contributed by atoms with van der Waals surface area (Å²) in [6.07, 6.45) is 0.254. The molecule has 108 valence electrons. The molecule has 0 aromatic carbocycles. The molecule has 1 N–H and O–H groups in total. The normalized spacial score (nSPS) is 17.8. The van der Waals surface area contributed by atoms with E-state index in [-0.39, 0.29) is 11.8 Å². The first-order chi connectivity index (χ1) is 8.79. The van der Waals surface area contributed by atoms with Crippen molar-refractivity contribution in [3.63, 3.8) is 0 Å². The quantitative estimate of drug-likeness (QED) is 0.451.